The summed E-state index contributed by atoms with van der Waals surface area (Å²) < 4.78 is 14.9. The van der Waals surface area contributed by atoms with Gasteiger partial charge in [0.2, 0.25) is 5.91 Å². The second-order valence-electron chi connectivity index (χ2n) is 7.20. The first kappa shape index (κ1) is 18.3. The second-order valence-corrected chi connectivity index (χ2v) is 7.20. The van der Waals surface area contributed by atoms with Gasteiger partial charge in [-0.25, -0.2) is 14.4 Å². The number of halogens is 1. The Balaban J connectivity index is 1.39. The summed E-state index contributed by atoms with van der Waals surface area (Å²) >= 11 is 0. The minimum atomic E-state index is -0.251. The lowest BCUT2D eigenvalue weighted by atomic mass is 9.94. The minimum absolute atomic E-state index is 0.153. The number of piperidine rings is 1. The molecule has 1 atom stereocenters. The molecule has 1 unspecified atom stereocenters. The van der Waals surface area contributed by atoms with Crippen LogP contribution in [0.25, 0.3) is 5.82 Å². The zero-order valence-electron chi connectivity index (χ0n) is 15.7. The Hall–Kier alpha value is -3.02. The number of nitrogens with zero attached hydrogens (tertiary/aromatic N) is 4. The molecule has 0 radical (unpaired) electrons. The van der Waals surface area contributed by atoms with E-state index in [1.165, 1.54) is 12.1 Å². The molecule has 1 saturated heterocycles. The zero-order chi connectivity index (χ0) is 19.3. The average Bonchev–Trinajstić information content (AvgIpc) is 3.28. The fraction of sp³-hybridized carbons (Fsp3) is 0.318. The second kappa shape index (κ2) is 8.33. The van der Waals surface area contributed by atoms with Crippen LogP contribution in [0.5, 0.6) is 0 Å². The number of likely N-dealkylation sites (tertiary alicyclic amines) is 1. The molecule has 5 nitrogen and oxygen atoms in total. The van der Waals surface area contributed by atoms with Gasteiger partial charge in [0, 0.05) is 43.5 Å². The van der Waals surface area contributed by atoms with Crippen molar-refractivity contribution in [2.75, 3.05) is 13.1 Å². The number of benzene rings is 1. The molecule has 0 bridgehead atoms. The van der Waals surface area contributed by atoms with Crippen LogP contribution in [0.1, 0.15) is 36.4 Å². The van der Waals surface area contributed by atoms with Gasteiger partial charge in [-0.3, -0.25) is 9.36 Å². The summed E-state index contributed by atoms with van der Waals surface area (Å²) in [5.41, 5.74) is 2.00. The van der Waals surface area contributed by atoms with Crippen LogP contribution in [0.3, 0.4) is 0 Å². The Morgan fingerprint density at radius 3 is 2.82 bits per heavy atom. The predicted molar refractivity (Wildman–Crippen MR) is 105 cm³/mol. The molecule has 0 N–H and O–H groups in total. The van der Waals surface area contributed by atoms with Gasteiger partial charge in [-0.1, -0.05) is 18.2 Å². The smallest absolute Gasteiger partial charge is 0.222 e. The molecular formula is C22H23FN4O. The maximum absolute atomic E-state index is 13.0. The maximum Gasteiger partial charge on any atom is 0.222 e. The lowest BCUT2D eigenvalue weighted by Crippen LogP contribution is -2.39. The maximum atomic E-state index is 13.0. The van der Waals surface area contributed by atoms with Crippen molar-refractivity contribution in [2.45, 2.75) is 31.6 Å². The molecule has 1 aromatic carbocycles. The first-order valence-electron chi connectivity index (χ1n) is 9.66. The molecule has 4 rings (SSSR count). The number of aromatic nitrogens is 3. The van der Waals surface area contributed by atoms with Gasteiger partial charge >= 0.3 is 0 Å². The van der Waals surface area contributed by atoms with Crippen molar-refractivity contribution in [3.05, 3.63) is 78.3 Å². The summed E-state index contributed by atoms with van der Waals surface area (Å²) in [4.78, 5) is 23.5. The highest BCUT2D eigenvalue weighted by Gasteiger charge is 2.25. The lowest BCUT2D eigenvalue weighted by molar-refractivity contribution is -0.132. The number of imidazole rings is 1. The third-order valence-electron chi connectivity index (χ3n) is 5.26. The van der Waals surface area contributed by atoms with Crippen molar-refractivity contribution in [3.8, 4) is 5.82 Å². The average molecular weight is 378 g/mol. The van der Waals surface area contributed by atoms with Crippen molar-refractivity contribution in [1.82, 2.24) is 19.4 Å². The topological polar surface area (TPSA) is 51.0 Å². The summed E-state index contributed by atoms with van der Waals surface area (Å²) in [6.07, 6.45) is 8.43. The van der Waals surface area contributed by atoms with E-state index >= 15 is 0 Å². The molecule has 28 heavy (non-hydrogen) atoms. The highest BCUT2D eigenvalue weighted by molar-refractivity contribution is 5.76. The van der Waals surface area contributed by atoms with Crippen LogP contribution < -0.4 is 0 Å². The van der Waals surface area contributed by atoms with E-state index in [0.29, 0.717) is 19.4 Å². The number of aryl methyl sites for hydroxylation is 1. The minimum Gasteiger partial charge on any atom is -0.342 e. The van der Waals surface area contributed by atoms with Gasteiger partial charge in [-0.15, -0.1) is 0 Å². The van der Waals surface area contributed by atoms with Crippen molar-refractivity contribution in [3.63, 3.8) is 0 Å². The van der Waals surface area contributed by atoms with Crippen LogP contribution in [0.2, 0.25) is 0 Å². The Bertz CT molecular complexity index is 924. The van der Waals surface area contributed by atoms with Crippen molar-refractivity contribution in [2.24, 2.45) is 0 Å². The number of hydrogen-bond acceptors (Lipinski definition) is 3. The first-order chi connectivity index (χ1) is 13.7. The molecular weight excluding hydrogens is 355 g/mol. The number of rotatable bonds is 5. The quantitative estimate of drug-likeness (QED) is 0.680. The molecule has 0 spiro atoms. The summed E-state index contributed by atoms with van der Waals surface area (Å²) in [7, 11) is 0. The Morgan fingerprint density at radius 1 is 1.18 bits per heavy atom. The summed E-state index contributed by atoms with van der Waals surface area (Å²) in [6, 6.07) is 12.4. The number of pyridine rings is 1. The third-order valence-corrected chi connectivity index (χ3v) is 5.26. The van der Waals surface area contributed by atoms with E-state index in [4.69, 9.17) is 4.98 Å². The molecule has 0 saturated carbocycles. The van der Waals surface area contributed by atoms with Crippen molar-refractivity contribution in [1.29, 1.82) is 0 Å². The van der Waals surface area contributed by atoms with Crippen LogP contribution in [-0.2, 0) is 11.2 Å². The molecule has 2 aromatic heterocycles. The molecule has 0 aliphatic carbocycles. The Labute approximate surface area is 163 Å². The van der Waals surface area contributed by atoms with Crippen LogP contribution >= 0.6 is 0 Å². The molecule has 1 amide bonds. The molecule has 3 heterocycles. The van der Waals surface area contributed by atoms with Crippen LogP contribution in [0.4, 0.5) is 4.39 Å². The molecule has 3 aromatic rings. The number of hydrogen-bond donors (Lipinski definition) is 0. The van der Waals surface area contributed by atoms with E-state index in [9.17, 15) is 9.18 Å². The normalized spacial score (nSPS) is 16.9. The van der Waals surface area contributed by atoms with Gasteiger partial charge in [0.05, 0.1) is 0 Å². The highest BCUT2D eigenvalue weighted by Crippen LogP contribution is 2.26. The standard InChI is InChI=1S/C22H23FN4O/c23-19-9-6-17(7-10-19)8-11-22(28)26-13-2-3-18(15-26)20-4-1-5-21(25-20)27-14-12-24-16-27/h1,4-7,9-10,12,14,16,18H,2-3,8,11,13,15H2. The predicted octanol–water partition coefficient (Wildman–Crippen LogP) is 3.75. The number of carbonyl (C=O) groups is 1. The first-order valence-corrected chi connectivity index (χ1v) is 9.66. The van der Waals surface area contributed by atoms with Gasteiger partial charge in [0.15, 0.2) is 0 Å². The van der Waals surface area contributed by atoms with Gasteiger partial charge in [-0.2, -0.15) is 0 Å². The van der Waals surface area contributed by atoms with E-state index in [1.807, 2.05) is 33.9 Å². The van der Waals surface area contributed by atoms with E-state index < -0.39 is 0 Å². The molecule has 6 heteroatoms. The Morgan fingerprint density at radius 2 is 2.04 bits per heavy atom. The molecule has 1 fully saturated rings. The van der Waals surface area contributed by atoms with Gasteiger partial charge in [0.25, 0.3) is 0 Å². The summed E-state index contributed by atoms with van der Waals surface area (Å²) in [6.45, 7) is 1.49. The van der Waals surface area contributed by atoms with Crippen LogP contribution in [-0.4, -0.2) is 38.4 Å². The Kier molecular flexibility index (Phi) is 5.46. The lowest BCUT2D eigenvalue weighted by Gasteiger charge is -2.32. The van der Waals surface area contributed by atoms with E-state index in [2.05, 4.69) is 4.98 Å². The van der Waals surface area contributed by atoms with Crippen molar-refractivity contribution >= 4 is 5.91 Å². The third kappa shape index (κ3) is 4.27. The van der Waals surface area contributed by atoms with E-state index in [0.717, 1.165) is 36.5 Å². The number of amides is 1. The monoisotopic (exact) mass is 378 g/mol. The zero-order valence-corrected chi connectivity index (χ0v) is 15.7. The van der Waals surface area contributed by atoms with Gasteiger partial charge < -0.3 is 4.90 Å². The molecule has 1 aliphatic heterocycles. The summed E-state index contributed by atoms with van der Waals surface area (Å²) in [5, 5.41) is 0. The molecule has 144 valence electrons. The SMILES string of the molecule is O=C(CCc1ccc(F)cc1)N1CCCC(c2cccc(-n3ccnc3)n2)C1. The van der Waals surface area contributed by atoms with E-state index in [1.54, 1.807) is 24.7 Å². The van der Waals surface area contributed by atoms with Crippen molar-refractivity contribution < 1.29 is 9.18 Å². The van der Waals surface area contributed by atoms with Gasteiger partial charge in [-0.05, 0) is 49.1 Å². The van der Waals surface area contributed by atoms with Gasteiger partial charge in [0.1, 0.15) is 18.0 Å². The van der Waals surface area contributed by atoms with E-state index in [-0.39, 0.29) is 17.6 Å². The summed E-state index contributed by atoms with van der Waals surface area (Å²) in [5.74, 6) is 0.987. The fourth-order valence-electron chi connectivity index (χ4n) is 3.71. The van der Waals surface area contributed by atoms with Crippen LogP contribution in [0, 0.1) is 5.82 Å². The molecule has 1 aliphatic rings. The van der Waals surface area contributed by atoms with Crippen LogP contribution in [0.15, 0.2) is 61.2 Å². The largest absolute Gasteiger partial charge is 0.342 e. The highest BCUT2D eigenvalue weighted by atomic mass is 19.1. The fourth-order valence-corrected chi connectivity index (χ4v) is 3.71. The number of carbonyl (C=O) groups excluding carboxylic acids is 1.